The van der Waals surface area contributed by atoms with Crippen molar-refractivity contribution in [3.05, 3.63) is 34.9 Å². The second-order valence-electron chi connectivity index (χ2n) is 4.94. The van der Waals surface area contributed by atoms with Gasteiger partial charge in [-0.05, 0) is 26.0 Å². The average molecular weight is 249 g/mol. The first kappa shape index (κ1) is 13.5. The van der Waals surface area contributed by atoms with E-state index in [1.807, 2.05) is 0 Å². The van der Waals surface area contributed by atoms with Gasteiger partial charge < -0.3 is 14.8 Å². The Bertz CT molecular complexity index is 366. The minimum atomic E-state index is 0.111. The third-order valence-corrected chi connectivity index (χ3v) is 3.24. The number of aryl methyl sites for hydroxylation is 2. The standard InChI is InChI=1S/C15H23NO2/c1-4-16-15(14-10-17-5-6-18-14)13-8-11(2)7-12(3)9-13/h7-9,14-16H,4-6,10H2,1-3H3. The molecule has 1 heterocycles. The van der Waals surface area contributed by atoms with E-state index in [0.29, 0.717) is 19.8 Å². The van der Waals surface area contributed by atoms with Crippen LogP contribution in [0.15, 0.2) is 18.2 Å². The quantitative estimate of drug-likeness (QED) is 0.888. The molecule has 1 fully saturated rings. The molecule has 2 unspecified atom stereocenters. The molecule has 0 bridgehead atoms. The number of benzene rings is 1. The van der Waals surface area contributed by atoms with Crippen LogP contribution in [0.2, 0.25) is 0 Å². The summed E-state index contributed by atoms with van der Waals surface area (Å²) in [6.45, 7) is 9.40. The maximum Gasteiger partial charge on any atom is 0.100 e. The van der Waals surface area contributed by atoms with E-state index in [1.54, 1.807) is 0 Å². The van der Waals surface area contributed by atoms with Gasteiger partial charge in [-0.25, -0.2) is 0 Å². The number of nitrogens with one attached hydrogen (secondary N) is 1. The maximum atomic E-state index is 5.84. The number of hydrogen-bond acceptors (Lipinski definition) is 3. The molecule has 0 saturated carbocycles. The van der Waals surface area contributed by atoms with Crippen LogP contribution in [-0.2, 0) is 9.47 Å². The van der Waals surface area contributed by atoms with E-state index in [4.69, 9.17) is 9.47 Å². The summed E-state index contributed by atoms with van der Waals surface area (Å²) >= 11 is 0. The average Bonchev–Trinajstić information content (AvgIpc) is 2.36. The van der Waals surface area contributed by atoms with Gasteiger partial charge in [0.05, 0.1) is 25.9 Å². The third-order valence-electron chi connectivity index (χ3n) is 3.24. The number of hydrogen-bond donors (Lipinski definition) is 1. The minimum absolute atomic E-state index is 0.111. The van der Waals surface area contributed by atoms with Crippen molar-refractivity contribution in [3.8, 4) is 0 Å². The molecule has 3 nitrogen and oxygen atoms in total. The first-order chi connectivity index (χ1) is 8.70. The van der Waals surface area contributed by atoms with Crippen LogP contribution in [-0.4, -0.2) is 32.5 Å². The van der Waals surface area contributed by atoms with Crippen LogP contribution in [0, 0.1) is 13.8 Å². The van der Waals surface area contributed by atoms with Gasteiger partial charge in [-0.3, -0.25) is 0 Å². The summed E-state index contributed by atoms with van der Waals surface area (Å²) < 4.78 is 11.4. The van der Waals surface area contributed by atoms with Gasteiger partial charge in [-0.1, -0.05) is 36.2 Å². The van der Waals surface area contributed by atoms with E-state index in [0.717, 1.165) is 6.54 Å². The lowest BCUT2D eigenvalue weighted by Gasteiger charge is -2.31. The van der Waals surface area contributed by atoms with Crippen LogP contribution in [0.4, 0.5) is 0 Å². The van der Waals surface area contributed by atoms with E-state index < -0.39 is 0 Å². The molecule has 0 amide bonds. The van der Waals surface area contributed by atoms with E-state index in [-0.39, 0.29) is 12.1 Å². The van der Waals surface area contributed by atoms with E-state index in [2.05, 4.69) is 44.3 Å². The predicted octanol–water partition coefficient (Wildman–Crippen LogP) is 2.37. The van der Waals surface area contributed by atoms with Gasteiger partial charge in [0.2, 0.25) is 0 Å². The van der Waals surface area contributed by atoms with Gasteiger partial charge in [0.15, 0.2) is 0 Å². The summed E-state index contributed by atoms with van der Waals surface area (Å²) in [7, 11) is 0. The van der Waals surface area contributed by atoms with Crippen molar-refractivity contribution in [2.24, 2.45) is 0 Å². The van der Waals surface area contributed by atoms with E-state index in [9.17, 15) is 0 Å². The Morgan fingerprint density at radius 2 is 1.94 bits per heavy atom. The molecule has 1 aromatic carbocycles. The summed E-state index contributed by atoms with van der Waals surface area (Å²) in [6, 6.07) is 6.88. The van der Waals surface area contributed by atoms with Crippen molar-refractivity contribution in [3.63, 3.8) is 0 Å². The molecule has 100 valence electrons. The Kier molecular flexibility index (Phi) is 4.75. The van der Waals surface area contributed by atoms with Gasteiger partial charge in [0.1, 0.15) is 6.10 Å². The van der Waals surface area contributed by atoms with Gasteiger partial charge in [0.25, 0.3) is 0 Å². The van der Waals surface area contributed by atoms with Crippen LogP contribution in [0.5, 0.6) is 0 Å². The number of likely N-dealkylation sites (N-methyl/N-ethyl adjacent to an activating group) is 1. The Morgan fingerprint density at radius 1 is 1.22 bits per heavy atom. The molecule has 0 radical (unpaired) electrons. The first-order valence-corrected chi connectivity index (χ1v) is 6.71. The van der Waals surface area contributed by atoms with Crippen LogP contribution in [0.3, 0.4) is 0 Å². The highest BCUT2D eigenvalue weighted by molar-refractivity contribution is 5.31. The lowest BCUT2D eigenvalue weighted by Crippen LogP contribution is -2.40. The molecule has 1 N–H and O–H groups in total. The zero-order valence-electron chi connectivity index (χ0n) is 11.5. The van der Waals surface area contributed by atoms with Crippen molar-refractivity contribution in [1.82, 2.24) is 5.32 Å². The van der Waals surface area contributed by atoms with E-state index in [1.165, 1.54) is 16.7 Å². The van der Waals surface area contributed by atoms with Gasteiger partial charge in [0, 0.05) is 0 Å². The predicted molar refractivity (Wildman–Crippen MR) is 72.9 cm³/mol. The Labute approximate surface area is 109 Å². The molecule has 3 heteroatoms. The molecule has 18 heavy (non-hydrogen) atoms. The Morgan fingerprint density at radius 3 is 2.50 bits per heavy atom. The molecule has 1 aromatic rings. The van der Waals surface area contributed by atoms with Crippen molar-refractivity contribution in [2.75, 3.05) is 26.4 Å². The minimum Gasteiger partial charge on any atom is -0.376 e. The fourth-order valence-corrected chi connectivity index (χ4v) is 2.57. The van der Waals surface area contributed by atoms with Crippen LogP contribution < -0.4 is 5.32 Å². The zero-order chi connectivity index (χ0) is 13.0. The van der Waals surface area contributed by atoms with Crippen molar-refractivity contribution in [2.45, 2.75) is 32.9 Å². The summed E-state index contributed by atoms with van der Waals surface area (Å²) in [5.41, 5.74) is 3.89. The maximum absolute atomic E-state index is 5.84. The van der Waals surface area contributed by atoms with Crippen LogP contribution in [0.1, 0.15) is 29.7 Å². The number of rotatable bonds is 4. The smallest absolute Gasteiger partial charge is 0.100 e. The highest BCUT2D eigenvalue weighted by Crippen LogP contribution is 2.23. The SMILES string of the molecule is CCNC(c1cc(C)cc(C)c1)C1COCCO1. The molecule has 2 rings (SSSR count). The van der Waals surface area contributed by atoms with Gasteiger partial charge in [-0.2, -0.15) is 0 Å². The summed E-state index contributed by atoms with van der Waals surface area (Å²) in [6.07, 6.45) is 0.111. The number of ether oxygens (including phenoxy) is 2. The normalized spacial score (nSPS) is 21.8. The molecule has 1 aliphatic rings. The molecule has 1 aliphatic heterocycles. The fourth-order valence-electron chi connectivity index (χ4n) is 2.57. The van der Waals surface area contributed by atoms with Gasteiger partial charge in [-0.15, -0.1) is 0 Å². The van der Waals surface area contributed by atoms with Crippen LogP contribution >= 0.6 is 0 Å². The zero-order valence-corrected chi connectivity index (χ0v) is 11.5. The molecule has 0 aliphatic carbocycles. The highest BCUT2D eigenvalue weighted by Gasteiger charge is 2.26. The topological polar surface area (TPSA) is 30.5 Å². The van der Waals surface area contributed by atoms with Crippen LogP contribution in [0.25, 0.3) is 0 Å². The van der Waals surface area contributed by atoms with E-state index >= 15 is 0 Å². The second kappa shape index (κ2) is 6.32. The molecular weight excluding hydrogens is 226 g/mol. The summed E-state index contributed by atoms with van der Waals surface area (Å²) in [4.78, 5) is 0. The largest absolute Gasteiger partial charge is 0.376 e. The lowest BCUT2D eigenvalue weighted by atomic mass is 9.97. The highest BCUT2D eigenvalue weighted by atomic mass is 16.6. The third kappa shape index (κ3) is 3.31. The van der Waals surface area contributed by atoms with Crippen molar-refractivity contribution >= 4 is 0 Å². The Balaban J connectivity index is 2.22. The fraction of sp³-hybridized carbons (Fsp3) is 0.600. The second-order valence-corrected chi connectivity index (χ2v) is 4.94. The molecule has 1 saturated heterocycles. The van der Waals surface area contributed by atoms with Crippen molar-refractivity contribution in [1.29, 1.82) is 0 Å². The summed E-state index contributed by atoms with van der Waals surface area (Å²) in [5, 5.41) is 3.52. The molecule has 0 spiro atoms. The first-order valence-electron chi connectivity index (χ1n) is 6.71. The monoisotopic (exact) mass is 249 g/mol. The Hall–Kier alpha value is -0.900. The molecular formula is C15H23NO2. The molecule has 0 aromatic heterocycles. The summed E-state index contributed by atoms with van der Waals surface area (Å²) in [5.74, 6) is 0. The lowest BCUT2D eigenvalue weighted by molar-refractivity contribution is -0.102. The van der Waals surface area contributed by atoms with Gasteiger partial charge >= 0.3 is 0 Å². The van der Waals surface area contributed by atoms with Crippen molar-refractivity contribution < 1.29 is 9.47 Å². The molecule has 2 atom stereocenters.